The fourth-order valence-corrected chi connectivity index (χ4v) is 1.53. The number of hydrogen-bond acceptors (Lipinski definition) is 3. The average molecular weight is 237 g/mol. The molecule has 0 bridgehead atoms. The van der Waals surface area contributed by atoms with Crippen LogP contribution in [-0.4, -0.2) is 28.8 Å². The quantitative estimate of drug-likeness (QED) is 0.691. The molecular weight excluding hydrogens is 218 g/mol. The Morgan fingerprint density at radius 3 is 2.53 bits per heavy atom. The van der Waals surface area contributed by atoms with Crippen molar-refractivity contribution in [2.75, 3.05) is 6.61 Å². The highest BCUT2D eigenvalue weighted by atomic mass is 16.3. The van der Waals surface area contributed by atoms with E-state index in [1.165, 1.54) is 0 Å². The summed E-state index contributed by atoms with van der Waals surface area (Å²) >= 11 is 0. The van der Waals surface area contributed by atoms with Crippen molar-refractivity contribution in [2.45, 2.75) is 31.9 Å². The Balaban J connectivity index is 2.50. The summed E-state index contributed by atoms with van der Waals surface area (Å²) in [4.78, 5) is 11.6. The molecule has 0 aliphatic rings. The van der Waals surface area contributed by atoms with E-state index >= 15 is 0 Å². The number of carbonyl (C=O) groups is 1. The zero-order valence-corrected chi connectivity index (χ0v) is 9.97. The molecule has 0 saturated heterocycles. The Hall–Kier alpha value is -1.39. The molecule has 2 atom stereocenters. The van der Waals surface area contributed by atoms with Gasteiger partial charge in [0.15, 0.2) is 0 Å². The molecule has 94 valence electrons. The molecule has 0 saturated carbocycles. The second-order valence-electron chi connectivity index (χ2n) is 4.10. The van der Waals surface area contributed by atoms with Crippen LogP contribution >= 0.6 is 0 Å². The van der Waals surface area contributed by atoms with E-state index in [1.54, 1.807) is 6.92 Å². The molecule has 1 unspecified atom stereocenters. The molecular formula is C13H19NO3. The van der Waals surface area contributed by atoms with Crippen LogP contribution in [0.5, 0.6) is 0 Å². The number of benzene rings is 1. The van der Waals surface area contributed by atoms with Crippen molar-refractivity contribution in [2.24, 2.45) is 0 Å². The number of aliphatic hydroxyl groups is 2. The first kappa shape index (κ1) is 13.7. The molecule has 0 radical (unpaired) electrons. The van der Waals surface area contributed by atoms with Crippen LogP contribution in [0.4, 0.5) is 0 Å². The molecule has 0 fully saturated rings. The average Bonchev–Trinajstić information content (AvgIpc) is 2.34. The van der Waals surface area contributed by atoms with Gasteiger partial charge < -0.3 is 15.5 Å². The molecule has 0 spiro atoms. The van der Waals surface area contributed by atoms with Gasteiger partial charge in [-0.15, -0.1) is 0 Å². The Morgan fingerprint density at radius 1 is 1.35 bits per heavy atom. The van der Waals surface area contributed by atoms with E-state index in [1.807, 2.05) is 30.3 Å². The third-order valence-electron chi connectivity index (χ3n) is 2.51. The summed E-state index contributed by atoms with van der Waals surface area (Å²) in [6, 6.07) is 8.94. The summed E-state index contributed by atoms with van der Waals surface area (Å²) in [7, 11) is 0. The van der Waals surface area contributed by atoms with Crippen molar-refractivity contribution in [3.05, 3.63) is 35.9 Å². The molecule has 0 heterocycles. The Kier molecular flexibility index (Phi) is 5.66. The van der Waals surface area contributed by atoms with Gasteiger partial charge in [0.2, 0.25) is 5.91 Å². The smallest absolute Gasteiger partial charge is 0.220 e. The van der Waals surface area contributed by atoms with Crippen LogP contribution in [-0.2, 0) is 4.79 Å². The fourth-order valence-electron chi connectivity index (χ4n) is 1.53. The highest BCUT2D eigenvalue weighted by Crippen LogP contribution is 2.12. The predicted octanol–water partition coefficient (Wildman–Crippen LogP) is 0.997. The number of hydrogen-bond donors (Lipinski definition) is 3. The summed E-state index contributed by atoms with van der Waals surface area (Å²) in [5.41, 5.74) is 0.875. The van der Waals surface area contributed by atoms with Gasteiger partial charge in [-0.2, -0.15) is 0 Å². The normalized spacial score (nSPS) is 14.1. The number of carbonyl (C=O) groups excluding carboxylic acids is 1. The van der Waals surface area contributed by atoms with E-state index in [2.05, 4.69) is 5.32 Å². The van der Waals surface area contributed by atoms with Crippen LogP contribution in [0.15, 0.2) is 30.3 Å². The number of nitrogens with one attached hydrogen (secondary N) is 1. The van der Waals surface area contributed by atoms with E-state index in [4.69, 9.17) is 5.11 Å². The van der Waals surface area contributed by atoms with E-state index in [-0.39, 0.29) is 25.0 Å². The molecule has 1 aromatic carbocycles. The van der Waals surface area contributed by atoms with Crippen LogP contribution in [0.2, 0.25) is 0 Å². The first-order valence-electron chi connectivity index (χ1n) is 5.76. The minimum atomic E-state index is -0.481. The highest BCUT2D eigenvalue weighted by Gasteiger charge is 2.13. The number of rotatable bonds is 6. The lowest BCUT2D eigenvalue weighted by molar-refractivity contribution is -0.122. The first-order valence-corrected chi connectivity index (χ1v) is 5.76. The van der Waals surface area contributed by atoms with Crippen LogP contribution in [0.3, 0.4) is 0 Å². The molecule has 1 aromatic rings. The van der Waals surface area contributed by atoms with Crippen molar-refractivity contribution in [3.8, 4) is 0 Å². The zero-order chi connectivity index (χ0) is 12.7. The summed E-state index contributed by atoms with van der Waals surface area (Å²) in [6.07, 6.45) is 0.213. The number of amides is 1. The standard InChI is InChI=1S/C13H19NO3/c1-10(16)7-8-13(17)14-12(9-15)11-5-3-2-4-6-11/h2-6,10,12,15-16H,7-9H2,1H3,(H,14,17)/t10?,12-/m0/s1. The monoisotopic (exact) mass is 237 g/mol. The Bertz CT molecular complexity index is 338. The molecule has 0 aliphatic heterocycles. The summed E-state index contributed by atoms with van der Waals surface area (Å²) in [5.74, 6) is -0.159. The molecule has 3 N–H and O–H groups in total. The highest BCUT2D eigenvalue weighted by molar-refractivity contribution is 5.76. The minimum absolute atomic E-state index is 0.134. The second kappa shape index (κ2) is 7.04. The van der Waals surface area contributed by atoms with Crippen LogP contribution < -0.4 is 5.32 Å². The lowest BCUT2D eigenvalue weighted by Gasteiger charge is -2.16. The van der Waals surface area contributed by atoms with Gasteiger partial charge in [0.25, 0.3) is 0 Å². The van der Waals surface area contributed by atoms with Crippen LogP contribution in [0.25, 0.3) is 0 Å². The van der Waals surface area contributed by atoms with Crippen LogP contribution in [0, 0.1) is 0 Å². The Morgan fingerprint density at radius 2 is 2.00 bits per heavy atom. The van der Waals surface area contributed by atoms with Gasteiger partial charge in [0.05, 0.1) is 18.8 Å². The largest absolute Gasteiger partial charge is 0.394 e. The molecule has 1 rings (SSSR count). The molecule has 0 aliphatic carbocycles. The lowest BCUT2D eigenvalue weighted by Crippen LogP contribution is -2.31. The van der Waals surface area contributed by atoms with Crippen molar-refractivity contribution in [1.82, 2.24) is 5.32 Å². The van der Waals surface area contributed by atoms with Gasteiger partial charge in [-0.05, 0) is 18.9 Å². The van der Waals surface area contributed by atoms with E-state index < -0.39 is 6.10 Å². The maximum atomic E-state index is 11.6. The van der Waals surface area contributed by atoms with Crippen molar-refractivity contribution < 1.29 is 15.0 Å². The van der Waals surface area contributed by atoms with Crippen molar-refractivity contribution >= 4 is 5.91 Å². The molecule has 4 nitrogen and oxygen atoms in total. The second-order valence-corrected chi connectivity index (χ2v) is 4.10. The third-order valence-corrected chi connectivity index (χ3v) is 2.51. The topological polar surface area (TPSA) is 69.6 Å². The van der Waals surface area contributed by atoms with E-state index in [0.717, 1.165) is 5.56 Å². The van der Waals surface area contributed by atoms with E-state index in [0.29, 0.717) is 6.42 Å². The van der Waals surface area contributed by atoms with Gasteiger partial charge >= 0.3 is 0 Å². The first-order chi connectivity index (χ1) is 8.13. The van der Waals surface area contributed by atoms with Gasteiger partial charge in [-0.3, -0.25) is 4.79 Å². The van der Waals surface area contributed by atoms with Gasteiger partial charge in [0.1, 0.15) is 0 Å². The summed E-state index contributed by atoms with van der Waals surface area (Å²) in [5, 5.41) is 21.1. The molecule has 4 heteroatoms. The summed E-state index contributed by atoms with van der Waals surface area (Å²) in [6.45, 7) is 1.51. The summed E-state index contributed by atoms with van der Waals surface area (Å²) < 4.78 is 0. The van der Waals surface area contributed by atoms with E-state index in [9.17, 15) is 9.90 Å². The molecule has 17 heavy (non-hydrogen) atoms. The van der Waals surface area contributed by atoms with Crippen LogP contribution in [0.1, 0.15) is 31.4 Å². The van der Waals surface area contributed by atoms with Crippen molar-refractivity contribution in [1.29, 1.82) is 0 Å². The molecule has 1 amide bonds. The third kappa shape index (κ3) is 4.97. The Labute approximate surface area is 101 Å². The minimum Gasteiger partial charge on any atom is -0.394 e. The molecule has 0 aromatic heterocycles. The predicted molar refractivity (Wildman–Crippen MR) is 65.3 cm³/mol. The van der Waals surface area contributed by atoms with Gasteiger partial charge in [-0.1, -0.05) is 30.3 Å². The van der Waals surface area contributed by atoms with Gasteiger partial charge in [0, 0.05) is 6.42 Å². The fraction of sp³-hybridized carbons (Fsp3) is 0.462. The number of aliphatic hydroxyl groups excluding tert-OH is 2. The lowest BCUT2D eigenvalue weighted by atomic mass is 10.1. The maximum absolute atomic E-state index is 11.6. The SMILES string of the molecule is CC(O)CCC(=O)N[C@@H](CO)c1ccccc1. The van der Waals surface area contributed by atoms with Crippen molar-refractivity contribution in [3.63, 3.8) is 0 Å². The van der Waals surface area contributed by atoms with Gasteiger partial charge in [-0.25, -0.2) is 0 Å². The zero-order valence-electron chi connectivity index (χ0n) is 9.97. The maximum Gasteiger partial charge on any atom is 0.220 e.